The summed E-state index contributed by atoms with van der Waals surface area (Å²) in [6.07, 6.45) is 7.84. The molecule has 28 heavy (non-hydrogen) atoms. The Balaban J connectivity index is 1.95. The van der Waals surface area contributed by atoms with Crippen molar-refractivity contribution in [2.75, 3.05) is 11.6 Å². The van der Waals surface area contributed by atoms with Crippen LogP contribution < -0.4 is 11.1 Å². The predicted octanol–water partition coefficient (Wildman–Crippen LogP) is 2.70. The van der Waals surface area contributed by atoms with Gasteiger partial charge in [0.25, 0.3) is 5.91 Å². The molecule has 8 nitrogen and oxygen atoms in total. The van der Waals surface area contributed by atoms with Crippen molar-refractivity contribution < 1.29 is 13.2 Å². The monoisotopic (exact) mass is 401 g/mol. The number of nitriles is 1. The van der Waals surface area contributed by atoms with E-state index in [9.17, 15) is 18.5 Å². The van der Waals surface area contributed by atoms with Crippen LogP contribution in [0.1, 0.15) is 48.9 Å². The Morgan fingerprint density at radius 1 is 1.29 bits per heavy atom. The van der Waals surface area contributed by atoms with Gasteiger partial charge in [-0.3, -0.25) is 9.48 Å². The molecule has 3 N–H and O–H groups in total. The van der Waals surface area contributed by atoms with Crippen LogP contribution in [-0.2, 0) is 15.4 Å². The molecule has 1 aromatic carbocycles. The average Bonchev–Trinajstić information content (AvgIpc) is 3.07. The smallest absolute Gasteiger partial charge is 0.254 e. The molecule has 148 valence electrons. The molecule has 0 unspecified atom stereocenters. The van der Waals surface area contributed by atoms with Gasteiger partial charge in [-0.2, -0.15) is 10.4 Å². The van der Waals surface area contributed by atoms with E-state index in [1.165, 1.54) is 12.1 Å². The highest BCUT2D eigenvalue weighted by atomic mass is 32.2. The van der Waals surface area contributed by atoms with Crippen LogP contribution in [0.4, 0.5) is 11.5 Å². The van der Waals surface area contributed by atoms with E-state index in [1.807, 2.05) is 0 Å². The van der Waals surface area contributed by atoms with Crippen LogP contribution in [0, 0.1) is 11.3 Å². The molecule has 1 saturated carbocycles. The molecule has 1 heterocycles. The molecule has 2 aromatic rings. The molecule has 0 aliphatic heterocycles. The lowest BCUT2D eigenvalue weighted by atomic mass is 9.80. The fourth-order valence-corrected chi connectivity index (χ4v) is 4.29. The van der Waals surface area contributed by atoms with E-state index in [4.69, 9.17) is 5.73 Å². The maximum Gasteiger partial charge on any atom is 0.254 e. The van der Waals surface area contributed by atoms with Gasteiger partial charge < -0.3 is 11.1 Å². The second-order valence-electron chi connectivity index (χ2n) is 7.24. The van der Waals surface area contributed by atoms with E-state index in [2.05, 4.69) is 16.5 Å². The first kappa shape index (κ1) is 19.9. The lowest BCUT2D eigenvalue weighted by molar-refractivity contribution is 0.100. The van der Waals surface area contributed by atoms with Gasteiger partial charge in [0.15, 0.2) is 15.7 Å². The molecular weight excluding hydrogens is 378 g/mol. The first-order valence-electron chi connectivity index (χ1n) is 9.09. The summed E-state index contributed by atoms with van der Waals surface area (Å²) in [4.78, 5) is 12.1. The SMILES string of the molecule is CS(=O)(=O)c1ccc(Nc2nn(C3(CC#N)CCCCC3)cc2C(N)=O)cc1. The summed E-state index contributed by atoms with van der Waals surface area (Å²) < 4.78 is 24.9. The molecule has 3 rings (SSSR count). The quantitative estimate of drug-likeness (QED) is 0.765. The van der Waals surface area contributed by atoms with Crippen LogP contribution in [-0.4, -0.2) is 30.4 Å². The number of aromatic nitrogens is 2. The summed E-state index contributed by atoms with van der Waals surface area (Å²) in [7, 11) is -3.29. The fraction of sp³-hybridized carbons (Fsp3) is 0.421. The molecule has 1 aromatic heterocycles. The van der Waals surface area contributed by atoms with Gasteiger partial charge in [0, 0.05) is 18.1 Å². The highest BCUT2D eigenvalue weighted by Crippen LogP contribution is 2.38. The zero-order valence-corrected chi connectivity index (χ0v) is 16.5. The lowest BCUT2D eigenvalue weighted by Gasteiger charge is -2.35. The third-order valence-electron chi connectivity index (χ3n) is 5.20. The minimum Gasteiger partial charge on any atom is -0.365 e. The Morgan fingerprint density at radius 2 is 1.93 bits per heavy atom. The van der Waals surface area contributed by atoms with E-state index in [0.717, 1.165) is 38.4 Å². The number of sulfone groups is 1. The fourth-order valence-electron chi connectivity index (χ4n) is 3.66. The number of carbonyl (C=O) groups excluding carboxylic acids is 1. The van der Waals surface area contributed by atoms with Gasteiger partial charge in [-0.1, -0.05) is 19.3 Å². The second-order valence-corrected chi connectivity index (χ2v) is 9.26. The molecular formula is C19H23N5O3S. The number of carbonyl (C=O) groups is 1. The highest BCUT2D eigenvalue weighted by molar-refractivity contribution is 7.90. The summed E-state index contributed by atoms with van der Waals surface area (Å²) in [5, 5.41) is 16.9. The van der Waals surface area contributed by atoms with Crippen LogP contribution in [0.15, 0.2) is 35.4 Å². The van der Waals surface area contributed by atoms with Crippen LogP contribution in [0.2, 0.25) is 0 Å². The number of nitrogens with one attached hydrogen (secondary N) is 1. The predicted molar refractivity (Wildman–Crippen MR) is 105 cm³/mol. The number of primary amides is 1. The maximum atomic E-state index is 11.9. The number of nitrogens with zero attached hydrogens (tertiary/aromatic N) is 3. The van der Waals surface area contributed by atoms with Gasteiger partial charge in [-0.25, -0.2) is 8.42 Å². The number of anilines is 2. The van der Waals surface area contributed by atoms with Crippen molar-refractivity contribution in [3.8, 4) is 6.07 Å². The molecule has 1 amide bonds. The van der Waals surface area contributed by atoms with Crippen LogP contribution in [0.5, 0.6) is 0 Å². The number of hydrogen-bond acceptors (Lipinski definition) is 6. The summed E-state index contributed by atoms with van der Waals surface area (Å²) >= 11 is 0. The van der Waals surface area contributed by atoms with Crippen molar-refractivity contribution in [1.29, 1.82) is 5.26 Å². The zero-order valence-electron chi connectivity index (χ0n) is 15.7. The standard InChI is InChI=1S/C19H23N5O3S/c1-28(26,27)15-7-5-14(6-8-15)22-18-16(17(21)25)13-24(23-18)19(11-12-20)9-3-2-4-10-19/h5-8,13H,2-4,9-11H2,1H3,(H2,21,25)(H,22,23). The summed E-state index contributed by atoms with van der Waals surface area (Å²) in [5.41, 5.74) is 5.91. The molecule has 0 radical (unpaired) electrons. The van der Waals surface area contributed by atoms with E-state index in [0.29, 0.717) is 17.9 Å². The number of rotatable bonds is 6. The Labute approximate surface area is 164 Å². The first-order chi connectivity index (χ1) is 13.2. The Kier molecular flexibility index (Phi) is 5.42. The number of amides is 1. The summed E-state index contributed by atoms with van der Waals surface area (Å²) in [5.74, 6) is -0.327. The molecule has 0 saturated heterocycles. The van der Waals surface area contributed by atoms with E-state index >= 15 is 0 Å². The molecule has 1 aliphatic carbocycles. The first-order valence-corrected chi connectivity index (χ1v) is 11.0. The maximum absolute atomic E-state index is 11.9. The molecule has 9 heteroatoms. The summed E-state index contributed by atoms with van der Waals surface area (Å²) in [6, 6.07) is 8.42. The normalized spacial score (nSPS) is 16.3. The number of hydrogen-bond donors (Lipinski definition) is 2. The van der Waals surface area contributed by atoms with Crippen LogP contribution >= 0.6 is 0 Å². The van der Waals surface area contributed by atoms with Gasteiger partial charge >= 0.3 is 0 Å². The second kappa shape index (κ2) is 7.64. The highest BCUT2D eigenvalue weighted by Gasteiger charge is 2.36. The van der Waals surface area contributed by atoms with E-state index in [1.54, 1.807) is 23.0 Å². The van der Waals surface area contributed by atoms with Crippen molar-refractivity contribution in [3.63, 3.8) is 0 Å². The van der Waals surface area contributed by atoms with Gasteiger partial charge in [0.05, 0.1) is 22.9 Å². The molecule has 0 spiro atoms. The van der Waals surface area contributed by atoms with Crippen molar-refractivity contribution in [3.05, 3.63) is 36.0 Å². The third-order valence-corrected chi connectivity index (χ3v) is 6.33. The topological polar surface area (TPSA) is 131 Å². The van der Waals surface area contributed by atoms with Gasteiger partial charge in [-0.15, -0.1) is 0 Å². The van der Waals surface area contributed by atoms with Crippen LogP contribution in [0.3, 0.4) is 0 Å². The Hall–Kier alpha value is -2.86. The van der Waals surface area contributed by atoms with Gasteiger partial charge in [0.2, 0.25) is 0 Å². The average molecular weight is 401 g/mol. The molecule has 0 atom stereocenters. The molecule has 1 aliphatic rings. The minimum absolute atomic E-state index is 0.203. The largest absolute Gasteiger partial charge is 0.365 e. The van der Waals surface area contributed by atoms with Crippen molar-refractivity contribution >= 4 is 27.2 Å². The third kappa shape index (κ3) is 4.02. The summed E-state index contributed by atoms with van der Waals surface area (Å²) in [6.45, 7) is 0. The Morgan fingerprint density at radius 3 is 2.46 bits per heavy atom. The molecule has 0 bridgehead atoms. The van der Waals surface area contributed by atoms with Crippen molar-refractivity contribution in [1.82, 2.24) is 9.78 Å². The van der Waals surface area contributed by atoms with Gasteiger partial charge in [-0.05, 0) is 37.1 Å². The zero-order chi connectivity index (χ0) is 20.4. The molecule has 1 fully saturated rings. The lowest BCUT2D eigenvalue weighted by Crippen LogP contribution is -2.36. The number of nitrogens with two attached hydrogens (primary N) is 1. The number of benzene rings is 1. The van der Waals surface area contributed by atoms with E-state index in [-0.39, 0.29) is 10.5 Å². The van der Waals surface area contributed by atoms with Crippen molar-refractivity contribution in [2.45, 2.75) is 49.0 Å². The van der Waals surface area contributed by atoms with Crippen LogP contribution in [0.25, 0.3) is 0 Å². The minimum atomic E-state index is -3.29. The van der Waals surface area contributed by atoms with E-state index < -0.39 is 21.3 Å². The Bertz CT molecular complexity index is 1010. The van der Waals surface area contributed by atoms with Gasteiger partial charge in [0.1, 0.15) is 5.56 Å². The van der Waals surface area contributed by atoms with Crippen molar-refractivity contribution in [2.24, 2.45) is 5.73 Å².